The van der Waals surface area contributed by atoms with Crippen LogP contribution >= 0.6 is 11.3 Å². The summed E-state index contributed by atoms with van der Waals surface area (Å²) >= 11 is 1.43. The largest absolute Gasteiger partial charge is 0.386 e. The summed E-state index contributed by atoms with van der Waals surface area (Å²) in [5.41, 5.74) is 24.5. The second-order valence-electron chi connectivity index (χ2n) is 17.4. The molecule has 0 radical (unpaired) electrons. The maximum atomic E-state index is 14.7. The summed E-state index contributed by atoms with van der Waals surface area (Å²) in [4.78, 5) is 116. The van der Waals surface area contributed by atoms with Crippen molar-refractivity contribution in [3.05, 3.63) is 107 Å². The molecule has 1 saturated heterocycles. The Morgan fingerprint density at radius 1 is 0.800 bits per heavy atom. The Labute approximate surface area is 411 Å². The third-order valence-electron chi connectivity index (χ3n) is 12.2. The molecule has 4 aromatic rings. The fraction of sp³-hybridized carbons (Fsp3) is 0.429. The van der Waals surface area contributed by atoms with E-state index in [1.54, 1.807) is 25.4 Å². The van der Waals surface area contributed by atoms with Crippen molar-refractivity contribution in [3.8, 4) is 0 Å². The number of benzene rings is 2. The number of nitrogens with two attached hydrogens (primary N) is 4. The van der Waals surface area contributed by atoms with Gasteiger partial charge in [-0.15, -0.1) is 11.3 Å². The lowest BCUT2D eigenvalue weighted by molar-refractivity contribution is -0.143. The van der Waals surface area contributed by atoms with E-state index >= 15 is 0 Å². The predicted molar refractivity (Wildman–Crippen MR) is 266 cm³/mol. The van der Waals surface area contributed by atoms with Crippen molar-refractivity contribution in [2.45, 2.75) is 107 Å². The molecule has 1 aliphatic rings. The first-order valence-corrected chi connectivity index (χ1v) is 24.3. The predicted octanol–water partition coefficient (Wildman–Crippen LogP) is 0.304. The standard InChI is InChI=1S/C49H66N12O8S/c1-30(51)54-22-10-19-36(45(65)58-38(44(53)64)28-42(52)62)56-47(67)40-20-11-23-61(40)49(69)37(18-8-9-21-50)57-46(66)39(25-31-13-4-3-5-14-31)59-48(68)41(60(2)43(63)27-33-15-12-24-70-33)26-32-29-55-35-17-7-6-16-34(32)35/h3-7,12-17,24,29,36-41,54-55H,1,8-11,18-23,25-28,50-51H2,2H3,(H2,52,62)(H2,53,64)(H,56,67)(H,57,66)(H,58,65)(H,59,68)/t36-,37-,38-,39-,40-,41-/m0/s1. The Bertz CT molecular complexity index is 2450. The van der Waals surface area contributed by atoms with Gasteiger partial charge in [-0.2, -0.15) is 0 Å². The van der Waals surface area contributed by atoms with Gasteiger partial charge in [0, 0.05) is 55.0 Å². The first-order chi connectivity index (χ1) is 33.6. The highest BCUT2D eigenvalue weighted by Crippen LogP contribution is 2.23. The molecule has 3 heterocycles. The number of aromatic nitrogens is 1. The molecule has 21 heteroatoms. The number of aromatic amines is 1. The lowest BCUT2D eigenvalue weighted by Crippen LogP contribution is -2.60. The van der Waals surface area contributed by atoms with Gasteiger partial charge in [-0.05, 0) is 80.1 Å². The molecule has 376 valence electrons. The molecule has 1 fully saturated rings. The molecule has 0 aliphatic carbocycles. The molecule has 2 aromatic heterocycles. The van der Waals surface area contributed by atoms with Crippen LogP contribution in [0.25, 0.3) is 10.9 Å². The van der Waals surface area contributed by atoms with Crippen LogP contribution in [0, 0.1) is 0 Å². The minimum atomic E-state index is -1.44. The number of H-pyrrole nitrogens is 1. The van der Waals surface area contributed by atoms with Crippen molar-refractivity contribution in [3.63, 3.8) is 0 Å². The Kier molecular flexibility index (Phi) is 20.3. The van der Waals surface area contributed by atoms with E-state index in [-0.39, 0.29) is 63.3 Å². The number of primary amides is 2. The Hall–Kier alpha value is -7.26. The normalized spacial score (nSPS) is 15.4. The average Bonchev–Trinajstić information content (AvgIpc) is 4.13. The summed E-state index contributed by atoms with van der Waals surface area (Å²) in [6, 6.07) is 13.2. The third-order valence-corrected chi connectivity index (χ3v) is 13.1. The molecule has 5 rings (SSSR count). The first-order valence-electron chi connectivity index (χ1n) is 23.4. The van der Waals surface area contributed by atoms with E-state index in [1.807, 2.05) is 60.0 Å². The van der Waals surface area contributed by atoms with Gasteiger partial charge in [0.2, 0.25) is 47.3 Å². The molecule has 0 saturated carbocycles. The Morgan fingerprint density at radius 3 is 2.17 bits per heavy atom. The van der Waals surface area contributed by atoms with E-state index in [0.29, 0.717) is 32.2 Å². The highest BCUT2D eigenvalue weighted by Gasteiger charge is 2.40. The maximum absolute atomic E-state index is 14.7. The zero-order valence-corrected chi connectivity index (χ0v) is 40.3. The molecule has 0 bridgehead atoms. The van der Waals surface area contributed by atoms with Gasteiger partial charge in [0.05, 0.1) is 18.7 Å². The van der Waals surface area contributed by atoms with Crippen molar-refractivity contribution in [2.24, 2.45) is 22.9 Å². The van der Waals surface area contributed by atoms with Crippen molar-refractivity contribution in [1.82, 2.24) is 41.4 Å². The number of rotatable bonds is 28. The molecular weight excluding hydrogens is 917 g/mol. The number of hydrogen-bond acceptors (Lipinski definition) is 12. The number of para-hydroxylation sites is 1. The van der Waals surface area contributed by atoms with Gasteiger partial charge in [0.1, 0.15) is 36.3 Å². The Balaban J connectivity index is 1.39. The van der Waals surface area contributed by atoms with Crippen molar-refractivity contribution in [1.29, 1.82) is 0 Å². The van der Waals surface area contributed by atoms with Crippen LogP contribution in [0.3, 0.4) is 0 Å². The highest BCUT2D eigenvalue weighted by atomic mass is 32.1. The minimum Gasteiger partial charge on any atom is -0.386 e. The molecule has 0 spiro atoms. The molecule has 6 atom stereocenters. The summed E-state index contributed by atoms with van der Waals surface area (Å²) in [5, 5.41) is 16.6. The van der Waals surface area contributed by atoms with E-state index in [1.165, 1.54) is 21.1 Å². The molecule has 8 amide bonds. The van der Waals surface area contributed by atoms with Gasteiger partial charge in [0.15, 0.2) is 0 Å². The Morgan fingerprint density at radius 2 is 1.49 bits per heavy atom. The second-order valence-corrected chi connectivity index (χ2v) is 18.4. The first kappa shape index (κ1) is 53.7. The highest BCUT2D eigenvalue weighted by molar-refractivity contribution is 7.10. The molecule has 0 unspecified atom stereocenters. The monoisotopic (exact) mass is 982 g/mol. The van der Waals surface area contributed by atoms with Crippen LogP contribution in [0.2, 0.25) is 0 Å². The third kappa shape index (κ3) is 15.6. The summed E-state index contributed by atoms with van der Waals surface area (Å²) < 4.78 is 0. The number of hydrogen-bond donors (Lipinski definition) is 10. The van der Waals surface area contributed by atoms with Gasteiger partial charge < -0.3 is 64.3 Å². The summed E-state index contributed by atoms with van der Waals surface area (Å²) in [5.74, 6) is -5.24. The van der Waals surface area contributed by atoms with Gasteiger partial charge in [0.25, 0.3) is 0 Å². The van der Waals surface area contributed by atoms with Crippen LogP contribution in [0.5, 0.6) is 0 Å². The molecule has 70 heavy (non-hydrogen) atoms. The van der Waals surface area contributed by atoms with E-state index < -0.39 is 84.0 Å². The fourth-order valence-corrected chi connectivity index (χ4v) is 9.11. The van der Waals surface area contributed by atoms with Crippen LogP contribution in [-0.2, 0) is 57.6 Å². The van der Waals surface area contributed by atoms with Crippen LogP contribution in [-0.4, -0.2) is 125 Å². The van der Waals surface area contributed by atoms with Crippen molar-refractivity contribution >= 4 is 69.5 Å². The number of nitrogens with zero attached hydrogens (tertiary/aromatic N) is 2. The average molecular weight is 983 g/mol. The summed E-state index contributed by atoms with van der Waals surface area (Å²) in [6.07, 6.45) is 3.62. The summed E-state index contributed by atoms with van der Waals surface area (Å²) in [7, 11) is 1.57. The number of amides is 8. The molecule has 14 N–H and O–H groups in total. The molecule has 2 aromatic carbocycles. The van der Waals surface area contributed by atoms with Crippen LogP contribution in [0.15, 0.2) is 90.7 Å². The van der Waals surface area contributed by atoms with Gasteiger partial charge in [-0.3, -0.25) is 38.4 Å². The number of carbonyl (C=O) groups excluding carboxylic acids is 8. The zero-order valence-electron chi connectivity index (χ0n) is 39.5. The number of unbranched alkanes of at least 4 members (excludes halogenated alkanes) is 1. The van der Waals surface area contributed by atoms with Crippen LogP contribution < -0.4 is 49.5 Å². The number of nitrogens with one attached hydrogen (secondary N) is 6. The van der Waals surface area contributed by atoms with E-state index in [0.717, 1.165) is 26.9 Å². The number of thiophene rings is 1. The van der Waals surface area contributed by atoms with Gasteiger partial charge in [-0.1, -0.05) is 61.2 Å². The van der Waals surface area contributed by atoms with Crippen LogP contribution in [0.4, 0.5) is 0 Å². The second kappa shape index (κ2) is 26.5. The molecule has 1 aliphatic heterocycles. The quantitative estimate of drug-likeness (QED) is 0.0345. The molecule has 20 nitrogen and oxygen atoms in total. The van der Waals surface area contributed by atoms with E-state index in [9.17, 15) is 38.4 Å². The van der Waals surface area contributed by atoms with Crippen molar-refractivity contribution < 1.29 is 38.4 Å². The number of likely N-dealkylation sites (N-methyl/N-ethyl adjacent to an activating group) is 1. The van der Waals surface area contributed by atoms with Crippen LogP contribution in [0.1, 0.15) is 67.4 Å². The van der Waals surface area contributed by atoms with E-state index in [2.05, 4.69) is 38.1 Å². The topological polar surface area (TPSA) is 323 Å². The van der Waals surface area contributed by atoms with E-state index in [4.69, 9.17) is 22.9 Å². The zero-order chi connectivity index (χ0) is 50.7. The lowest BCUT2D eigenvalue weighted by atomic mass is 10.00. The number of likely N-dealkylation sites (tertiary alicyclic amines) is 1. The SMILES string of the molecule is C=C(N)NCCC[C@H](NC(=O)[C@@H]1CCCN1C(=O)[C@H](CCCCN)NC(=O)[C@H](Cc1ccccc1)NC(=O)[C@H](Cc1c[nH]c2ccccc12)N(C)C(=O)Cc1cccs1)C(=O)N[C@@H](CC(N)=O)C(N)=O. The van der Waals surface area contributed by atoms with Gasteiger partial charge >= 0.3 is 0 Å². The number of fused-ring (bicyclic) bond motifs is 1. The summed E-state index contributed by atoms with van der Waals surface area (Å²) in [6.45, 7) is 4.35. The minimum absolute atomic E-state index is 0.0396. The number of carbonyl (C=O) groups is 8. The fourth-order valence-electron chi connectivity index (χ4n) is 8.42. The van der Waals surface area contributed by atoms with Gasteiger partial charge in [-0.25, -0.2) is 0 Å². The maximum Gasteiger partial charge on any atom is 0.245 e. The lowest BCUT2D eigenvalue weighted by Gasteiger charge is -2.32. The smallest absolute Gasteiger partial charge is 0.245 e. The molecular formula is C49H66N12O8S. The van der Waals surface area contributed by atoms with Crippen molar-refractivity contribution in [2.75, 3.05) is 26.7 Å².